The van der Waals surface area contributed by atoms with Gasteiger partial charge in [-0.25, -0.2) is 0 Å². The first-order chi connectivity index (χ1) is 10.2. The zero-order valence-electron chi connectivity index (χ0n) is 13.0. The molecule has 1 amide bonds. The molecule has 0 radical (unpaired) electrons. The first-order valence-corrected chi connectivity index (χ1v) is 8.28. The van der Waals surface area contributed by atoms with Crippen LogP contribution in [0.1, 0.15) is 32.3 Å². The molecule has 22 heavy (non-hydrogen) atoms. The number of anilines is 1. The molecule has 0 saturated heterocycles. The highest BCUT2D eigenvalue weighted by atomic mass is 32.2. The fourth-order valence-electron chi connectivity index (χ4n) is 2.03. The van der Waals surface area contributed by atoms with Gasteiger partial charge in [-0.1, -0.05) is 26.0 Å². The number of nitrogens with zero attached hydrogens (tertiary/aromatic N) is 2. The highest BCUT2D eigenvalue weighted by Crippen LogP contribution is 2.20. The Bertz CT molecular complexity index is 764. The summed E-state index contributed by atoms with van der Waals surface area (Å²) in [6.07, 6.45) is 1.28. The Labute approximate surface area is 130 Å². The molecule has 0 spiro atoms. The summed E-state index contributed by atoms with van der Waals surface area (Å²) in [7, 11) is -2.36. The zero-order valence-corrected chi connectivity index (χ0v) is 13.8. The smallest absolute Gasteiger partial charge is 0.322 e. The molecule has 0 fully saturated rings. The minimum absolute atomic E-state index is 0.176. The molecule has 1 aliphatic heterocycles. The van der Waals surface area contributed by atoms with Crippen molar-refractivity contribution >= 4 is 27.5 Å². The highest BCUT2D eigenvalue weighted by Gasteiger charge is 2.25. The van der Waals surface area contributed by atoms with Crippen LogP contribution < -0.4 is 5.32 Å². The van der Waals surface area contributed by atoms with Crippen molar-refractivity contribution in [3.8, 4) is 0 Å². The second kappa shape index (κ2) is 5.92. The van der Waals surface area contributed by atoms with E-state index in [9.17, 15) is 13.2 Å². The Balaban J connectivity index is 2.23. The van der Waals surface area contributed by atoms with Crippen LogP contribution in [0.15, 0.2) is 40.4 Å². The van der Waals surface area contributed by atoms with Crippen LogP contribution in [-0.2, 0) is 15.0 Å². The maximum absolute atomic E-state index is 12.3. The first-order valence-electron chi connectivity index (χ1n) is 6.89. The molecule has 1 aromatic carbocycles. The van der Waals surface area contributed by atoms with E-state index >= 15 is 0 Å². The molecule has 2 rings (SSSR count). The Morgan fingerprint density at radius 3 is 2.64 bits per heavy atom. The predicted octanol–water partition coefficient (Wildman–Crippen LogP) is 2.28. The van der Waals surface area contributed by atoms with E-state index in [4.69, 9.17) is 0 Å². The molecule has 1 aliphatic rings. The standard InChI is InChI=1S/C15H19N3O3S/c1-10(2)12-6-5-7-13(8-12)16-15(19)14-9-18(4)22(20,21)17-11(14)3/h5-10H,1-4H3,(H,16,19). The molecule has 1 aromatic rings. The fourth-order valence-corrected chi connectivity index (χ4v) is 2.84. The molecule has 0 atom stereocenters. The van der Waals surface area contributed by atoms with E-state index in [2.05, 4.69) is 23.6 Å². The third-order valence-electron chi connectivity index (χ3n) is 3.37. The highest BCUT2D eigenvalue weighted by molar-refractivity contribution is 7.88. The predicted molar refractivity (Wildman–Crippen MR) is 87.0 cm³/mol. The molecular formula is C15H19N3O3S. The van der Waals surface area contributed by atoms with E-state index in [-0.39, 0.29) is 17.2 Å². The monoisotopic (exact) mass is 321 g/mol. The third kappa shape index (κ3) is 3.36. The maximum Gasteiger partial charge on any atom is 0.344 e. The molecule has 0 aliphatic carbocycles. The first kappa shape index (κ1) is 16.2. The van der Waals surface area contributed by atoms with Crippen LogP contribution in [-0.4, -0.2) is 31.4 Å². The summed E-state index contributed by atoms with van der Waals surface area (Å²) in [6.45, 7) is 5.64. The fraction of sp³-hybridized carbons (Fsp3) is 0.333. The van der Waals surface area contributed by atoms with Crippen molar-refractivity contribution in [2.45, 2.75) is 26.7 Å². The van der Waals surface area contributed by atoms with Crippen molar-refractivity contribution in [3.63, 3.8) is 0 Å². The van der Waals surface area contributed by atoms with Crippen LogP contribution in [0, 0.1) is 0 Å². The number of hydrogen-bond donors (Lipinski definition) is 1. The van der Waals surface area contributed by atoms with Crippen LogP contribution in [0.5, 0.6) is 0 Å². The zero-order chi connectivity index (χ0) is 16.5. The average Bonchev–Trinajstić information content (AvgIpc) is 2.42. The van der Waals surface area contributed by atoms with Crippen molar-refractivity contribution in [2.24, 2.45) is 4.40 Å². The number of rotatable bonds is 3. The van der Waals surface area contributed by atoms with E-state index in [0.29, 0.717) is 11.6 Å². The average molecular weight is 321 g/mol. The van der Waals surface area contributed by atoms with Crippen LogP contribution in [0.4, 0.5) is 5.69 Å². The summed E-state index contributed by atoms with van der Waals surface area (Å²) in [5.41, 5.74) is 2.18. The lowest BCUT2D eigenvalue weighted by Crippen LogP contribution is -2.30. The second-order valence-electron chi connectivity index (χ2n) is 5.45. The van der Waals surface area contributed by atoms with Crippen LogP contribution in [0.25, 0.3) is 0 Å². The SMILES string of the molecule is CC1=NS(=O)(=O)N(C)C=C1C(=O)Nc1cccc(C(C)C)c1. The lowest BCUT2D eigenvalue weighted by atomic mass is 10.0. The number of hydrogen-bond acceptors (Lipinski definition) is 3. The van der Waals surface area contributed by atoms with Gasteiger partial charge in [0.2, 0.25) is 0 Å². The molecule has 6 nitrogen and oxygen atoms in total. The van der Waals surface area contributed by atoms with Crippen LogP contribution in [0.3, 0.4) is 0 Å². The second-order valence-corrected chi connectivity index (χ2v) is 7.10. The lowest BCUT2D eigenvalue weighted by Gasteiger charge is -2.19. The van der Waals surface area contributed by atoms with Crippen molar-refractivity contribution < 1.29 is 13.2 Å². The van der Waals surface area contributed by atoms with Gasteiger partial charge in [-0.3, -0.25) is 9.10 Å². The molecule has 0 unspecified atom stereocenters. The van der Waals surface area contributed by atoms with Crippen molar-refractivity contribution in [3.05, 3.63) is 41.6 Å². The van der Waals surface area contributed by atoms with Crippen molar-refractivity contribution in [2.75, 3.05) is 12.4 Å². The number of carbonyl (C=O) groups excluding carboxylic acids is 1. The summed E-state index contributed by atoms with van der Waals surface area (Å²) in [6, 6.07) is 7.56. The van der Waals surface area contributed by atoms with Crippen LogP contribution >= 0.6 is 0 Å². The number of benzene rings is 1. The van der Waals surface area contributed by atoms with Gasteiger partial charge < -0.3 is 5.32 Å². The normalized spacial score (nSPS) is 17.0. The maximum atomic E-state index is 12.3. The van der Waals surface area contributed by atoms with Crippen molar-refractivity contribution in [1.82, 2.24) is 4.31 Å². The summed E-state index contributed by atoms with van der Waals surface area (Å²) in [5, 5.41) is 2.78. The summed E-state index contributed by atoms with van der Waals surface area (Å²) in [4.78, 5) is 12.3. The van der Waals surface area contributed by atoms with Gasteiger partial charge in [0.05, 0.1) is 11.3 Å². The molecule has 0 saturated carbocycles. The van der Waals surface area contributed by atoms with Gasteiger partial charge in [0, 0.05) is 18.9 Å². The lowest BCUT2D eigenvalue weighted by molar-refractivity contribution is -0.112. The van der Waals surface area contributed by atoms with Crippen molar-refractivity contribution in [1.29, 1.82) is 0 Å². The Hall–Kier alpha value is -2.15. The summed E-state index contributed by atoms with van der Waals surface area (Å²) < 4.78 is 27.7. The van der Waals surface area contributed by atoms with Gasteiger partial charge in [-0.15, -0.1) is 4.40 Å². The summed E-state index contributed by atoms with van der Waals surface area (Å²) in [5.74, 6) is -0.0331. The van der Waals surface area contributed by atoms with E-state index in [1.165, 1.54) is 20.2 Å². The largest absolute Gasteiger partial charge is 0.344 e. The van der Waals surface area contributed by atoms with E-state index in [1.807, 2.05) is 18.2 Å². The third-order valence-corrected chi connectivity index (χ3v) is 4.71. The van der Waals surface area contributed by atoms with E-state index in [0.717, 1.165) is 9.87 Å². The van der Waals surface area contributed by atoms with Gasteiger partial charge >= 0.3 is 10.2 Å². The minimum atomic E-state index is -3.70. The molecule has 1 heterocycles. The quantitative estimate of drug-likeness (QED) is 0.927. The molecule has 1 N–H and O–H groups in total. The number of nitrogens with one attached hydrogen (secondary N) is 1. The van der Waals surface area contributed by atoms with Gasteiger partial charge in [0.1, 0.15) is 0 Å². The van der Waals surface area contributed by atoms with Gasteiger partial charge in [-0.2, -0.15) is 8.42 Å². The number of amides is 1. The Morgan fingerprint density at radius 2 is 2.00 bits per heavy atom. The molecule has 0 aromatic heterocycles. The van der Waals surface area contributed by atoms with Gasteiger partial charge in [-0.05, 0) is 30.5 Å². The number of carbonyl (C=O) groups is 1. The molecule has 7 heteroatoms. The minimum Gasteiger partial charge on any atom is -0.322 e. The van der Waals surface area contributed by atoms with Crippen LogP contribution in [0.2, 0.25) is 0 Å². The summed E-state index contributed by atoms with van der Waals surface area (Å²) >= 11 is 0. The van der Waals surface area contributed by atoms with E-state index in [1.54, 1.807) is 6.07 Å². The molecule has 0 bridgehead atoms. The van der Waals surface area contributed by atoms with E-state index < -0.39 is 10.2 Å². The van der Waals surface area contributed by atoms with Gasteiger partial charge in [0.25, 0.3) is 5.91 Å². The molecule has 118 valence electrons. The Morgan fingerprint density at radius 1 is 1.32 bits per heavy atom. The topological polar surface area (TPSA) is 78.8 Å². The molecular weight excluding hydrogens is 302 g/mol. The Kier molecular flexibility index (Phi) is 4.37. The van der Waals surface area contributed by atoms with Gasteiger partial charge in [0.15, 0.2) is 0 Å².